The van der Waals surface area contributed by atoms with Gasteiger partial charge in [-0.3, -0.25) is 10.1 Å². The highest BCUT2D eigenvalue weighted by molar-refractivity contribution is 5.79. The number of hydrogen-bond donors (Lipinski definition) is 0. The Balaban J connectivity index is 1.63. The highest BCUT2D eigenvalue weighted by Crippen LogP contribution is 2.22. The fourth-order valence-corrected chi connectivity index (χ4v) is 3.99. The van der Waals surface area contributed by atoms with Gasteiger partial charge in [0.15, 0.2) is 5.82 Å². The highest BCUT2D eigenvalue weighted by atomic mass is 16.6. The van der Waals surface area contributed by atoms with Crippen molar-refractivity contribution in [2.45, 2.75) is 13.2 Å². The largest absolute Gasteiger partial charge is 0.443 e. The van der Waals surface area contributed by atoms with Crippen LogP contribution < -0.4 is 10.7 Å². The number of para-hydroxylation sites is 1. The summed E-state index contributed by atoms with van der Waals surface area (Å²) in [5.74, 6) is 0.117. The van der Waals surface area contributed by atoms with Crippen LogP contribution in [0, 0.1) is 10.1 Å². The lowest BCUT2D eigenvalue weighted by Gasteiger charge is -2.23. The number of carbonyl (C=O) groups is 1. The van der Waals surface area contributed by atoms with E-state index >= 15 is 0 Å². The molecule has 5 rings (SSSR count). The van der Waals surface area contributed by atoms with E-state index in [-0.39, 0.29) is 24.7 Å². The fraction of sp³-hybridized carbons (Fsp3) is 0.0690. The third-order valence-electron chi connectivity index (χ3n) is 5.93. The number of rotatable bonds is 8. The molecule has 0 N–H and O–H groups in total. The number of nitro groups is 1. The summed E-state index contributed by atoms with van der Waals surface area (Å²) in [6.45, 7) is 0.00817. The molecule has 10 nitrogen and oxygen atoms in total. The first-order valence-corrected chi connectivity index (χ1v) is 12.1. The van der Waals surface area contributed by atoms with Crippen molar-refractivity contribution in [3.05, 3.63) is 147 Å². The maximum absolute atomic E-state index is 13.9. The molecule has 10 heteroatoms. The molecule has 0 unspecified atom stereocenters. The Morgan fingerprint density at radius 2 is 1.38 bits per heavy atom. The van der Waals surface area contributed by atoms with Crippen LogP contribution in [0.4, 0.5) is 10.5 Å². The molecule has 1 amide bonds. The van der Waals surface area contributed by atoms with E-state index < -0.39 is 16.7 Å². The van der Waals surface area contributed by atoms with E-state index in [0.29, 0.717) is 11.3 Å². The first-order valence-electron chi connectivity index (χ1n) is 12.1. The van der Waals surface area contributed by atoms with Crippen LogP contribution in [0.2, 0.25) is 0 Å². The number of aromatic nitrogens is 3. The summed E-state index contributed by atoms with van der Waals surface area (Å²) in [5.41, 5.74) is 1.71. The second-order valence-electron chi connectivity index (χ2n) is 8.55. The third kappa shape index (κ3) is 5.59. The van der Waals surface area contributed by atoms with Crippen molar-refractivity contribution in [2.24, 2.45) is 0 Å². The van der Waals surface area contributed by atoms with Gasteiger partial charge in [0, 0.05) is 17.7 Å². The molecule has 5 aromatic rings. The van der Waals surface area contributed by atoms with E-state index in [9.17, 15) is 19.7 Å². The van der Waals surface area contributed by atoms with Crippen molar-refractivity contribution in [2.75, 3.05) is 5.01 Å². The average molecular weight is 522 g/mol. The summed E-state index contributed by atoms with van der Waals surface area (Å²) < 4.78 is 7.96. The average Bonchev–Trinajstić information content (AvgIpc) is 3.32. The number of nitrogens with zero attached hydrogens (tertiary/aromatic N) is 5. The van der Waals surface area contributed by atoms with Gasteiger partial charge in [0.25, 0.3) is 5.69 Å². The van der Waals surface area contributed by atoms with Crippen LogP contribution in [0.1, 0.15) is 11.1 Å². The van der Waals surface area contributed by atoms with Crippen LogP contribution in [0.3, 0.4) is 0 Å². The summed E-state index contributed by atoms with van der Waals surface area (Å²) in [5, 5.41) is 16.9. The molecule has 1 heterocycles. The first kappa shape index (κ1) is 25.2. The Kier molecular flexibility index (Phi) is 7.26. The number of benzene rings is 4. The number of carbonyl (C=O) groups excluding carboxylic acids is 1. The summed E-state index contributed by atoms with van der Waals surface area (Å²) in [6, 6.07) is 32.8. The maximum atomic E-state index is 13.9. The zero-order valence-corrected chi connectivity index (χ0v) is 20.7. The molecule has 194 valence electrons. The quantitative estimate of drug-likeness (QED) is 0.208. The summed E-state index contributed by atoms with van der Waals surface area (Å²) in [7, 11) is 0. The smallest absolute Gasteiger partial charge is 0.429 e. The summed E-state index contributed by atoms with van der Waals surface area (Å²) in [6.07, 6.45) is -0.763. The van der Waals surface area contributed by atoms with Crippen LogP contribution in [0.5, 0.6) is 0 Å². The standard InChI is InChI=1S/C29H23N5O5/c35-28-32(25-14-8-3-9-15-25)30-27(24-16-18-26(19-17-24)34(37)38)33(28)31(20-22-10-4-1-5-11-22)29(36)39-21-23-12-6-2-7-13-23/h1-19H,20-21H2. The third-order valence-corrected chi connectivity index (χ3v) is 5.93. The molecule has 1 aromatic heterocycles. The zero-order valence-electron chi connectivity index (χ0n) is 20.7. The molecular weight excluding hydrogens is 498 g/mol. The summed E-state index contributed by atoms with van der Waals surface area (Å²) in [4.78, 5) is 38.1. The lowest BCUT2D eigenvalue weighted by molar-refractivity contribution is -0.384. The van der Waals surface area contributed by atoms with Crippen molar-refractivity contribution in [3.63, 3.8) is 0 Å². The Bertz CT molecular complexity index is 1630. The topological polar surface area (TPSA) is 112 Å². The van der Waals surface area contributed by atoms with E-state index in [0.717, 1.165) is 15.8 Å². The molecular formula is C29H23N5O5. The van der Waals surface area contributed by atoms with Gasteiger partial charge in [-0.2, -0.15) is 9.36 Å². The van der Waals surface area contributed by atoms with Gasteiger partial charge in [-0.05, 0) is 35.4 Å². The Morgan fingerprint density at radius 1 is 0.821 bits per heavy atom. The monoisotopic (exact) mass is 521 g/mol. The van der Waals surface area contributed by atoms with Crippen molar-refractivity contribution in [1.82, 2.24) is 14.5 Å². The summed E-state index contributed by atoms with van der Waals surface area (Å²) >= 11 is 0. The van der Waals surface area contributed by atoms with Crippen molar-refractivity contribution < 1.29 is 14.5 Å². The molecule has 0 saturated heterocycles. The zero-order chi connectivity index (χ0) is 27.2. The number of amides is 1. The van der Waals surface area contributed by atoms with E-state index in [4.69, 9.17) is 4.74 Å². The molecule has 0 aliphatic heterocycles. The van der Waals surface area contributed by atoms with Crippen LogP contribution in [0.25, 0.3) is 17.1 Å². The van der Waals surface area contributed by atoms with Gasteiger partial charge < -0.3 is 4.74 Å². The minimum atomic E-state index is -0.763. The van der Waals surface area contributed by atoms with Crippen LogP contribution in [-0.2, 0) is 17.9 Å². The van der Waals surface area contributed by atoms with Crippen molar-refractivity contribution in [1.29, 1.82) is 0 Å². The Morgan fingerprint density at radius 3 is 1.97 bits per heavy atom. The lowest BCUT2D eigenvalue weighted by atomic mass is 10.2. The molecule has 0 bridgehead atoms. The lowest BCUT2D eigenvalue weighted by Crippen LogP contribution is -2.46. The molecule has 0 spiro atoms. The maximum Gasteiger partial charge on any atom is 0.429 e. The second-order valence-corrected chi connectivity index (χ2v) is 8.55. The minimum Gasteiger partial charge on any atom is -0.443 e. The molecule has 0 radical (unpaired) electrons. The SMILES string of the molecule is O=C(OCc1ccccc1)N(Cc1ccccc1)n1c(-c2ccc([N+](=O)[O-])cc2)nn(-c2ccccc2)c1=O. The van der Waals surface area contributed by atoms with Gasteiger partial charge in [-0.1, -0.05) is 78.9 Å². The van der Waals surface area contributed by atoms with E-state index in [1.165, 1.54) is 34.0 Å². The number of hydrogen-bond acceptors (Lipinski definition) is 6. The fourth-order valence-electron chi connectivity index (χ4n) is 3.99. The van der Waals surface area contributed by atoms with Gasteiger partial charge in [0.1, 0.15) is 6.61 Å². The molecule has 39 heavy (non-hydrogen) atoms. The second kappa shape index (κ2) is 11.3. The molecule has 4 aromatic carbocycles. The number of nitro benzene ring substituents is 1. The van der Waals surface area contributed by atoms with Gasteiger partial charge in [-0.25, -0.2) is 14.6 Å². The molecule has 0 fully saturated rings. The van der Waals surface area contributed by atoms with Crippen LogP contribution in [-0.4, -0.2) is 25.5 Å². The predicted octanol–water partition coefficient (Wildman–Crippen LogP) is 5.08. The van der Waals surface area contributed by atoms with Crippen molar-refractivity contribution in [3.8, 4) is 17.1 Å². The molecule has 0 aliphatic rings. The predicted molar refractivity (Wildman–Crippen MR) is 145 cm³/mol. The van der Waals surface area contributed by atoms with E-state index in [1.807, 2.05) is 66.7 Å². The molecule has 0 saturated carbocycles. The normalized spacial score (nSPS) is 10.7. The van der Waals surface area contributed by atoms with Gasteiger partial charge in [-0.15, -0.1) is 5.10 Å². The van der Waals surface area contributed by atoms with E-state index in [1.54, 1.807) is 24.3 Å². The number of ether oxygens (including phenoxy) is 1. The Hall–Kier alpha value is -5.51. The molecule has 0 atom stereocenters. The van der Waals surface area contributed by atoms with Crippen LogP contribution in [0.15, 0.2) is 120 Å². The highest BCUT2D eigenvalue weighted by Gasteiger charge is 2.27. The first-order chi connectivity index (χ1) is 19.0. The Labute approximate surface area is 223 Å². The van der Waals surface area contributed by atoms with E-state index in [2.05, 4.69) is 5.10 Å². The molecule has 0 aliphatic carbocycles. The minimum absolute atomic E-state index is 0.000594. The van der Waals surface area contributed by atoms with Crippen molar-refractivity contribution >= 4 is 11.8 Å². The van der Waals surface area contributed by atoms with Gasteiger partial charge >= 0.3 is 11.8 Å². The van der Waals surface area contributed by atoms with Gasteiger partial charge in [0.05, 0.1) is 17.2 Å². The van der Waals surface area contributed by atoms with Crippen LogP contribution >= 0.6 is 0 Å². The van der Waals surface area contributed by atoms with Gasteiger partial charge in [0.2, 0.25) is 0 Å². The number of non-ortho nitro benzene ring substituents is 1.